The van der Waals surface area contributed by atoms with Crippen molar-refractivity contribution in [2.45, 2.75) is 77.2 Å². The number of hydrogen-bond acceptors (Lipinski definition) is 4. The smallest absolute Gasteiger partial charge is 0.748 e. The molecular weight excluding hydrogens is 291 g/mol. The number of aliphatic hydroxyl groups excluding tert-OH is 1. The van der Waals surface area contributed by atoms with Gasteiger partial charge in [-0.2, -0.15) is 0 Å². The predicted octanol–water partition coefficient (Wildman–Crippen LogP) is -0.183. The first-order chi connectivity index (χ1) is 8.45. The maximum Gasteiger partial charge on any atom is 1.00 e. The maximum absolute atomic E-state index is 10.4. The fourth-order valence-corrected chi connectivity index (χ4v) is 2.50. The number of unbranched alkanes of at least 4 members (excludes halogenated alkanes) is 6. The van der Waals surface area contributed by atoms with Gasteiger partial charge in [0, 0.05) is 5.75 Å². The molecule has 0 amide bonds. The van der Waals surface area contributed by atoms with Crippen molar-refractivity contribution in [3.05, 3.63) is 0 Å². The van der Waals surface area contributed by atoms with Gasteiger partial charge >= 0.3 is 51.4 Å². The van der Waals surface area contributed by atoms with Gasteiger partial charge in [-0.15, -0.1) is 0 Å². The summed E-state index contributed by atoms with van der Waals surface area (Å²) >= 11 is 0. The van der Waals surface area contributed by atoms with Crippen LogP contribution in [0.25, 0.3) is 0 Å². The van der Waals surface area contributed by atoms with Gasteiger partial charge in [-0.05, 0) is 19.3 Å². The van der Waals surface area contributed by atoms with Gasteiger partial charge in [-0.1, -0.05) is 51.9 Å². The molecule has 0 heterocycles. The van der Waals surface area contributed by atoms with E-state index in [-0.39, 0.29) is 63.6 Å². The average molecular weight is 319 g/mol. The zero-order valence-electron chi connectivity index (χ0n) is 12.4. The summed E-state index contributed by atoms with van der Waals surface area (Å²) in [5, 5.41) is 9.59. The molecule has 0 aliphatic carbocycles. The van der Waals surface area contributed by atoms with Crippen LogP contribution in [0.1, 0.15) is 71.1 Å². The second-order valence-corrected chi connectivity index (χ2v) is 6.49. The number of rotatable bonds is 12. The van der Waals surface area contributed by atoms with E-state index in [0.717, 1.165) is 12.8 Å². The summed E-state index contributed by atoms with van der Waals surface area (Å²) in [6, 6.07) is 0. The van der Waals surface area contributed by atoms with Crippen LogP contribution in [0, 0.1) is 0 Å². The second-order valence-electron chi connectivity index (χ2n) is 4.97. The van der Waals surface area contributed by atoms with Gasteiger partial charge in [0.15, 0.2) is 0 Å². The summed E-state index contributed by atoms with van der Waals surface area (Å²) in [5.74, 6) is -0.360. The third-order valence-corrected chi connectivity index (χ3v) is 3.86. The van der Waals surface area contributed by atoms with Crippen LogP contribution in [-0.4, -0.2) is 29.9 Å². The molecule has 0 aromatic carbocycles. The molecule has 0 radical (unpaired) electrons. The number of aliphatic hydroxyl groups is 1. The zero-order valence-corrected chi connectivity index (χ0v) is 16.4. The minimum Gasteiger partial charge on any atom is -0.748 e. The van der Waals surface area contributed by atoms with Crippen molar-refractivity contribution < 1.29 is 69.5 Å². The Morgan fingerprint density at radius 1 is 0.947 bits per heavy atom. The Hall–Kier alpha value is 1.51. The molecule has 19 heavy (non-hydrogen) atoms. The summed E-state index contributed by atoms with van der Waals surface area (Å²) in [6.45, 7) is 2.19. The van der Waals surface area contributed by atoms with Gasteiger partial charge in [-0.3, -0.25) is 0 Å². The second kappa shape index (κ2) is 14.4. The van der Waals surface area contributed by atoms with E-state index < -0.39 is 16.2 Å². The van der Waals surface area contributed by atoms with Crippen LogP contribution in [0.5, 0.6) is 0 Å². The van der Waals surface area contributed by atoms with Crippen molar-refractivity contribution in [3.8, 4) is 0 Å². The van der Waals surface area contributed by atoms with Crippen LogP contribution in [0.2, 0.25) is 0 Å². The molecule has 0 bridgehead atoms. The van der Waals surface area contributed by atoms with Crippen molar-refractivity contribution in [2.75, 3.05) is 5.75 Å². The van der Waals surface area contributed by atoms with Crippen molar-refractivity contribution in [1.82, 2.24) is 0 Å². The number of hydrogen-bond donors (Lipinski definition) is 1. The molecule has 6 heteroatoms. The molecule has 0 aromatic heterocycles. The minimum atomic E-state index is -4.12. The van der Waals surface area contributed by atoms with Gasteiger partial charge in [0.25, 0.3) is 0 Å². The van der Waals surface area contributed by atoms with E-state index in [0.29, 0.717) is 12.8 Å². The Morgan fingerprint density at radius 3 is 1.95 bits per heavy atom. The largest absolute Gasteiger partial charge is 1.00 e. The van der Waals surface area contributed by atoms with E-state index in [4.69, 9.17) is 0 Å². The van der Waals surface area contributed by atoms with Crippen LogP contribution >= 0.6 is 0 Å². The average Bonchev–Trinajstić information content (AvgIpc) is 2.26. The molecule has 0 saturated heterocycles. The predicted molar refractivity (Wildman–Crippen MR) is 72.4 cm³/mol. The van der Waals surface area contributed by atoms with Crippen molar-refractivity contribution in [1.29, 1.82) is 0 Å². The quantitative estimate of drug-likeness (QED) is 0.308. The van der Waals surface area contributed by atoms with Crippen molar-refractivity contribution in [3.63, 3.8) is 0 Å². The molecule has 0 rings (SSSR count). The summed E-state index contributed by atoms with van der Waals surface area (Å²) < 4.78 is 31.1. The first-order valence-corrected chi connectivity index (χ1v) is 8.65. The van der Waals surface area contributed by atoms with Crippen molar-refractivity contribution in [2.24, 2.45) is 0 Å². The molecule has 0 saturated carbocycles. The fourth-order valence-electron chi connectivity index (χ4n) is 1.98. The topological polar surface area (TPSA) is 77.4 Å². The zero-order chi connectivity index (χ0) is 13.9. The molecule has 1 atom stereocenters. The molecule has 4 nitrogen and oxygen atoms in total. The van der Waals surface area contributed by atoms with Gasteiger partial charge in [0.2, 0.25) is 0 Å². The van der Waals surface area contributed by atoms with Gasteiger partial charge in [0.05, 0.1) is 16.2 Å². The van der Waals surface area contributed by atoms with Gasteiger partial charge in [0.1, 0.15) is 0 Å². The van der Waals surface area contributed by atoms with E-state index in [1.165, 1.54) is 32.1 Å². The molecule has 0 aromatic rings. The maximum atomic E-state index is 10.4. The molecule has 0 aliphatic rings. The van der Waals surface area contributed by atoms with E-state index in [2.05, 4.69) is 6.92 Å². The monoisotopic (exact) mass is 318 g/mol. The van der Waals surface area contributed by atoms with E-state index in [1.807, 2.05) is 0 Å². The Labute approximate surface area is 160 Å². The van der Waals surface area contributed by atoms with Crippen molar-refractivity contribution >= 4 is 10.1 Å². The SMILES string of the molecule is CCCCCCCCCC(O)CCCS(=O)(=O)[O-].[K+]. The Bertz CT molecular complexity index is 280. The first kappa shape index (κ1) is 22.8. The van der Waals surface area contributed by atoms with Crippen LogP contribution in [0.15, 0.2) is 0 Å². The molecule has 1 N–H and O–H groups in total. The Kier molecular flexibility index (Phi) is 17.3. The molecule has 1 unspecified atom stereocenters. The Morgan fingerprint density at radius 2 is 1.42 bits per heavy atom. The van der Waals surface area contributed by atoms with Gasteiger partial charge in [-0.25, -0.2) is 8.42 Å². The van der Waals surface area contributed by atoms with E-state index in [9.17, 15) is 18.1 Å². The van der Waals surface area contributed by atoms with Crippen LogP contribution in [-0.2, 0) is 10.1 Å². The summed E-state index contributed by atoms with van der Waals surface area (Å²) in [6.07, 6.45) is 9.36. The third kappa shape index (κ3) is 19.5. The third-order valence-electron chi connectivity index (χ3n) is 3.07. The minimum absolute atomic E-state index is 0. The van der Waals surface area contributed by atoms with E-state index >= 15 is 0 Å². The summed E-state index contributed by atoms with van der Waals surface area (Å²) in [7, 11) is -4.12. The molecule has 0 spiro atoms. The van der Waals surface area contributed by atoms with Gasteiger partial charge < -0.3 is 9.66 Å². The normalized spacial score (nSPS) is 13.0. The summed E-state index contributed by atoms with van der Waals surface area (Å²) in [5.41, 5.74) is 0. The molecule has 0 aliphatic heterocycles. The van der Waals surface area contributed by atoms with Crippen LogP contribution < -0.4 is 51.4 Å². The van der Waals surface area contributed by atoms with Crippen LogP contribution in [0.4, 0.5) is 0 Å². The standard InChI is InChI=1S/C13H28O4S.K/c1-2-3-4-5-6-7-8-10-13(14)11-9-12-18(15,16)17;/h13-14H,2-12H2,1H3,(H,15,16,17);/q;+1/p-1. The molecular formula is C13H27KO4S. The fraction of sp³-hybridized carbons (Fsp3) is 1.00. The Balaban J connectivity index is 0. The molecule has 0 fully saturated rings. The molecule has 110 valence electrons. The summed E-state index contributed by atoms with van der Waals surface area (Å²) in [4.78, 5) is 0. The van der Waals surface area contributed by atoms with Crippen LogP contribution in [0.3, 0.4) is 0 Å². The van der Waals surface area contributed by atoms with E-state index in [1.54, 1.807) is 0 Å². The first-order valence-electron chi connectivity index (χ1n) is 7.07.